The van der Waals surface area contributed by atoms with Gasteiger partial charge >= 0.3 is 5.97 Å². The molecule has 2 N–H and O–H groups in total. The van der Waals surface area contributed by atoms with Gasteiger partial charge in [-0.05, 0) is 25.1 Å². The average Bonchev–Trinajstić information content (AvgIpc) is 2.64. The van der Waals surface area contributed by atoms with Gasteiger partial charge in [-0.1, -0.05) is 0 Å². The second-order valence-electron chi connectivity index (χ2n) is 4.30. The molecule has 0 saturated carbocycles. The van der Waals surface area contributed by atoms with Crippen LogP contribution in [-0.4, -0.2) is 33.1 Å². The topological polar surface area (TPSA) is 84.2 Å². The molecule has 0 radical (unpaired) electrons. The van der Waals surface area contributed by atoms with Gasteiger partial charge in [0.05, 0.1) is 16.6 Å². The van der Waals surface area contributed by atoms with Crippen molar-refractivity contribution in [2.75, 3.05) is 6.54 Å². The molecule has 1 aromatic carbocycles. The summed E-state index contributed by atoms with van der Waals surface area (Å²) in [6.07, 6.45) is 0. The molecular weight excluding hydrogens is 246 g/mol. The van der Waals surface area contributed by atoms with Gasteiger partial charge in [0.1, 0.15) is 5.82 Å². The zero-order valence-corrected chi connectivity index (χ0v) is 10.8. The van der Waals surface area contributed by atoms with Crippen molar-refractivity contribution in [3.8, 4) is 0 Å². The molecule has 2 aromatic rings. The lowest BCUT2D eigenvalue weighted by Crippen LogP contribution is -2.24. The van der Waals surface area contributed by atoms with Gasteiger partial charge in [0.15, 0.2) is 0 Å². The number of amides is 1. The minimum Gasteiger partial charge on any atom is -0.478 e. The number of carbonyl (C=O) groups excluding carboxylic acids is 1. The third-order valence-corrected chi connectivity index (χ3v) is 2.90. The lowest BCUT2D eigenvalue weighted by molar-refractivity contribution is -0.118. The Labute approximate surface area is 110 Å². The Balaban J connectivity index is 2.31. The number of aryl methyl sites for hydroxylation is 1. The fourth-order valence-corrected chi connectivity index (χ4v) is 2.01. The van der Waals surface area contributed by atoms with E-state index in [9.17, 15) is 9.59 Å². The quantitative estimate of drug-likeness (QED) is 0.865. The van der Waals surface area contributed by atoms with Crippen molar-refractivity contribution in [3.63, 3.8) is 0 Å². The normalized spacial score (nSPS) is 10.6. The number of aromatic carboxylic acids is 1. The van der Waals surface area contributed by atoms with Crippen molar-refractivity contribution in [3.05, 3.63) is 29.6 Å². The average molecular weight is 261 g/mol. The highest BCUT2D eigenvalue weighted by Crippen LogP contribution is 2.17. The summed E-state index contributed by atoms with van der Waals surface area (Å²) in [5, 5.41) is 11.7. The maximum absolute atomic E-state index is 10.9. The Morgan fingerprint density at radius 1 is 1.42 bits per heavy atom. The highest BCUT2D eigenvalue weighted by Gasteiger charge is 2.10. The summed E-state index contributed by atoms with van der Waals surface area (Å²) in [4.78, 5) is 26.1. The Bertz CT molecular complexity index is 646. The Morgan fingerprint density at radius 2 is 2.16 bits per heavy atom. The molecule has 0 aliphatic carbocycles. The van der Waals surface area contributed by atoms with Gasteiger partial charge in [0.25, 0.3) is 0 Å². The van der Waals surface area contributed by atoms with E-state index in [0.717, 1.165) is 11.3 Å². The summed E-state index contributed by atoms with van der Waals surface area (Å²) in [7, 11) is 0. The number of imidazole rings is 1. The lowest BCUT2D eigenvalue weighted by atomic mass is 10.2. The standard InChI is InChI=1S/C13H15N3O3/c1-8-15-11-7-10(13(18)19)3-4-12(11)16(8)6-5-14-9(2)17/h3-4,7H,5-6H2,1-2H3,(H,14,17)(H,18,19). The van der Waals surface area contributed by atoms with Crippen molar-refractivity contribution >= 4 is 22.9 Å². The molecule has 0 saturated heterocycles. The van der Waals surface area contributed by atoms with E-state index in [4.69, 9.17) is 5.11 Å². The minimum atomic E-state index is -0.965. The summed E-state index contributed by atoms with van der Waals surface area (Å²) >= 11 is 0. The smallest absolute Gasteiger partial charge is 0.335 e. The van der Waals surface area contributed by atoms with Crippen LogP contribution >= 0.6 is 0 Å². The van der Waals surface area contributed by atoms with E-state index in [1.807, 2.05) is 11.5 Å². The number of benzene rings is 1. The second kappa shape index (κ2) is 5.09. The number of carboxylic acid groups (broad SMARTS) is 1. The number of fused-ring (bicyclic) bond motifs is 1. The number of hydrogen-bond acceptors (Lipinski definition) is 3. The number of carbonyl (C=O) groups is 2. The van der Waals surface area contributed by atoms with Crippen LogP contribution in [0.2, 0.25) is 0 Å². The molecule has 0 aliphatic rings. The van der Waals surface area contributed by atoms with Crippen LogP contribution in [0.15, 0.2) is 18.2 Å². The van der Waals surface area contributed by atoms with Gasteiger partial charge in [-0.2, -0.15) is 0 Å². The maximum atomic E-state index is 10.9. The van der Waals surface area contributed by atoms with E-state index >= 15 is 0 Å². The van der Waals surface area contributed by atoms with Gasteiger partial charge in [0, 0.05) is 20.0 Å². The SMILES string of the molecule is CC(=O)NCCn1c(C)nc2cc(C(=O)O)ccc21. The van der Waals surface area contributed by atoms with E-state index in [1.54, 1.807) is 18.2 Å². The molecule has 1 aromatic heterocycles. The van der Waals surface area contributed by atoms with E-state index in [0.29, 0.717) is 18.6 Å². The van der Waals surface area contributed by atoms with E-state index in [2.05, 4.69) is 10.3 Å². The van der Waals surface area contributed by atoms with Crippen LogP contribution in [0.1, 0.15) is 23.1 Å². The molecule has 0 unspecified atom stereocenters. The van der Waals surface area contributed by atoms with Crippen molar-refractivity contribution in [2.24, 2.45) is 0 Å². The molecule has 0 spiro atoms. The number of hydrogen-bond donors (Lipinski definition) is 2. The molecule has 100 valence electrons. The molecule has 1 heterocycles. The van der Waals surface area contributed by atoms with Crippen LogP contribution in [-0.2, 0) is 11.3 Å². The van der Waals surface area contributed by atoms with Crippen LogP contribution < -0.4 is 5.32 Å². The molecule has 1 amide bonds. The predicted molar refractivity (Wildman–Crippen MR) is 70.1 cm³/mol. The van der Waals surface area contributed by atoms with Crippen LogP contribution in [0.5, 0.6) is 0 Å². The Kier molecular flexibility index (Phi) is 3.50. The number of aromatic nitrogens is 2. The van der Waals surface area contributed by atoms with Gasteiger partial charge in [0.2, 0.25) is 5.91 Å². The third-order valence-electron chi connectivity index (χ3n) is 2.90. The molecule has 19 heavy (non-hydrogen) atoms. The largest absolute Gasteiger partial charge is 0.478 e. The Hall–Kier alpha value is -2.37. The van der Waals surface area contributed by atoms with E-state index in [1.165, 1.54) is 6.92 Å². The number of rotatable bonds is 4. The first-order chi connectivity index (χ1) is 8.99. The lowest BCUT2D eigenvalue weighted by Gasteiger charge is -2.07. The second-order valence-corrected chi connectivity index (χ2v) is 4.30. The van der Waals surface area contributed by atoms with Crippen molar-refractivity contribution in [1.29, 1.82) is 0 Å². The highest BCUT2D eigenvalue weighted by atomic mass is 16.4. The molecule has 2 rings (SSSR count). The van der Waals surface area contributed by atoms with Crippen molar-refractivity contribution in [2.45, 2.75) is 20.4 Å². The van der Waals surface area contributed by atoms with Crippen molar-refractivity contribution < 1.29 is 14.7 Å². The summed E-state index contributed by atoms with van der Waals surface area (Å²) in [6.45, 7) is 4.45. The summed E-state index contributed by atoms with van der Waals surface area (Å²) in [5.41, 5.74) is 1.74. The van der Waals surface area contributed by atoms with E-state index in [-0.39, 0.29) is 11.5 Å². The van der Waals surface area contributed by atoms with Crippen LogP contribution in [0, 0.1) is 6.92 Å². The zero-order valence-electron chi connectivity index (χ0n) is 10.8. The molecule has 6 heteroatoms. The minimum absolute atomic E-state index is 0.0739. The van der Waals surface area contributed by atoms with E-state index < -0.39 is 5.97 Å². The number of nitrogens with zero attached hydrogens (tertiary/aromatic N) is 2. The molecule has 0 aliphatic heterocycles. The molecule has 0 atom stereocenters. The summed E-state index contributed by atoms with van der Waals surface area (Å²) in [5.74, 6) is -0.245. The first kappa shape index (κ1) is 13.1. The van der Waals surface area contributed by atoms with Crippen LogP contribution in [0.25, 0.3) is 11.0 Å². The number of carboxylic acids is 1. The molecule has 0 fully saturated rings. The summed E-state index contributed by atoms with van der Waals surface area (Å²) < 4.78 is 1.96. The predicted octanol–water partition coefficient (Wildman–Crippen LogP) is 1.18. The molecular formula is C13H15N3O3. The first-order valence-corrected chi connectivity index (χ1v) is 5.93. The molecule has 6 nitrogen and oxygen atoms in total. The Morgan fingerprint density at radius 3 is 2.79 bits per heavy atom. The van der Waals surface area contributed by atoms with Crippen LogP contribution in [0.4, 0.5) is 0 Å². The summed E-state index contributed by atoms with van der Waals surface area (Å²) in [6, 6.07) is 4.85. The monoisotopic (exact) mass is 261 g/mol. The number of nitrogens with one attached hydrogen (secondary N) is 1. The van der Waals surface area contributed by atoms with Gasteiger partial charge < -0.3 is 15.0 Å². The molecule has 0 bridgehead atoms. The fraction of sp³-hybridized carbons (Fsp3) is 0.308. The first-order valence-electron chi connectivity index (χ1n) is 5.93. The van der Waals surface area contributed by atoms with Crippen molar-refractivity contribution in [1.82, 2.24) is 14.9 Å². The van der Waals surface area contributed by atoms with Gasteiger partial charge in [-0.15, -0.1) is 0 Å². The third kappa shape index (κ3) is 2.73. The zero-order chi connectivity index (χ0) is 14.0. The highest BCUT2D eigenvalue weighted by molar-refractivity contribution is 5.92. The fourth-order valence-electron chi connectivity index (χ4n) is 2.01. The van der Waals surface area contributed by atoms with Gasteiger partial charge in [-0.3, -0.25) is 4.79 Å². The van der Waals surface area contributed by atoms with Crippen LogP contribution in [0.3, 0.4) is 0 Å². The van der Waals surface area contributed by atoms with Gasteiger partial charge in [-0.25, -0.2) is 9.78 Å². The maximum Gasteiger partial charge on any atom is 0.335 e.